The van der Waals surface area contributed by atoms with Crippen molar-refractivity contribution >= 4 is 5.97 Å². The minimum Gasteiger partial charge on any atom is -0.394 e. The van der Waals surface area contributed by atoms with Gasteiger partial charge in [-0.05, 0) is 0 Å². The highest BCUT2D eigenvalue weighted by Crippen LogP contribution is 2.12. The van der Waals surface area contributed by atoms with Crippen LogP contribution in [-0.4, -0.2) is 58.8 Å². The van der Waals surface area contributed by atoms with Crippen LogP contribution >= 0.6 is 0 Å². The van der Waals surface area contributed by atoms with Crippen LogP contribution in [0, 0.1) is 0 Å². The lowest BCUT2D eigenvalue weighted by Crippen LogP contribution is -2.55. The van der Waals surface area contributed by atoms with E-state index in [9.17, 15) is 4.79 Å². The summed E-state index contributed by atoms with van der Waals surface area (Å²) in [7, 11) is 1.32. The summed E-state index contributed by atoms with van der Waals surface area (Å²) in [5.74, 6) is -0.729. The Morgan fingerprint density at radius 3 is 2.14 bits per heavy atom. The molecule has 0 spiro atoms. The standard InChI is InChI=1S/C8H15NO5/c1-3-7(13)14-9(2)8(4-10,5-11)6-12/h3,10-12H,1,4-6H2,2H3. The monoisotopic (exact) mass is 205 g/mol. The summed E-state index contributed by atoms with van der Waals surface area (Å²) >= 11 is 0. The lowest BCUT2D eigenvalue weighted by molar-refractivity contribution is -0.226. The quantitative estimate of drug-likeness (QED) is 0.353. The molecular weight excluding hydrogens is 190 g/mol. The topological polar surface area (TPSA) is 90.2 Å². The first-order chi connectivity index (χ1) is 6.56. The molecule has 0 saturated carbocycles. The Hall–Kier alpha value is -0.950. The molecule has 0 fully saturated rings. The lowest BCUT2D eigenvalue weighted by Gasteiger charge is -2.34. The van der Waals surface area contributed by atoms with Crippen molar-refractivity contribution in [2.24, 2.45) is 0 Å². The van der Waals surface area contributed by atoms with E-state index in [1.165, 1.54) is 7.05 Å². The molecule has 0 heterocycles. The molecule has 0 radical (unpaired) electrons. The fourth-order valence-electron chi connectivity index (χ4n) is 0.718. The predicted molar refractivity (Wildman–Crippen MR) is 48.0 cm³/mol. The summed E-state index contributed by atoms with van der Waals surface area (Å²) in [6, 6.07) is 0. The zero-order chi connectivity index (χ0) is 11.2. The van der Waals surface area contributed by atoms with Gasteiger partial charge in [-0.25, -0.2) is 4.79 Å². The molecular formula is C8H15NO5. The van der Waals surface area contributed by atoms with Crippen LogP contribution in [0.1, 0.15) is 0 Å². The van der Waals surface area contributed by atoms with E-state index in [4.69, 9.17) is 15.3 Å². The van der Waals surface area contributed by atoms with E-state index in [0.29, 0.717) is 0 Å². The molecule has 0 atom stereocenters. The number of rotatable bonds is 6. The van der Waals surface area contributed by atoms with E-state index in [0.717, 1.165) is 11.1 Å². The molecule has 6 heteroatoms. The van der Waals surface area contributed by atoms with Crippen LogP contribution < -0.4 is 0 Å². The van der Waals surface area contributed by atoms with E-state index in [2.05, 4.69) is 11.4 Å². The van der Waals surface area contributed by atoms with Gasteiger partial charge in [0, 0.05) is 13.1 Å². The summed E-state index contributed by atoms with van der Waals surface area (Å²) < 4.78 is 0. The average molecular weight is 205 g/mol. The lowest BCUT2D eigenvalue weighted by atomic mass is 10.0. The number of aliphatic hydroxyl groups excluding tert-OH is 3. The van der Waals surface area contributed by atoms with E-state index >= 15 is 0 Å². The van der Waals surface area contributed by atoms with E-state index in [-0.39, 0.29) is 0 Å². The molecule has 0 rings (SSSR count). The minimum atomic E-state index is -1.38. The summed E-state index contributed by atoms with van der Waals surface area (Å²) in [6.07, 6.45) is 0.938. The predicted octanol–water partition coefficient (Wildman–Crippen LogP) is -1.72. The van der Waals surface area contributed by atoms with Gasteiger partial charge in [0.25, 0.3) is 0 Å². The molecule has 0 aromatic carbocycles. The molecule has 0 saturated heterocycles. The molecule has 0 aromatic heterocycles. The van der Waals surface area contributed by atoms with Gasteiger partial charge in [0.1, 0.15) is 5.54 Å². The molecule has 0 unspecified atom stereocenters. The van der Waals surface area contributed by atoms with Gasteiger partial charge < -0.3 is 20.2 Å². The van der Waals surface area contributed by atoms with Crippen molar-refractivity contribution in [3.63, 3.8) is 0 Å². The van der Waals surface area contributed by atoms with Crippen LogP contribution in [0.5, 0.6) is 0 Å². The van der Waals surface area contributed by atoms with Crippen molar-refractivity contribution in [3.8, 4) is 0 Å². The molecule has 6 nitrogen and oxygen atoms in total. The smallest absolute Gasteiger partial charge is 0.349 e. The van der Waals surface area contributed by atoms with Gasteiger partial charge in [0.05, 0.1) is 19.8 Å². The number of nitrogens with zero attached hydrogens (tertiary/aromatic N) is 1. The van der Waals surface area contributed by atoms with Gasteiger partial charge >= 0.3 is 5.97 Å². The third-order valence-corrected chi connectivity index (χ3v) is 1.94. The Kier molecular flexibility index (Phi) is 5.32. The maximum absolute atomic E-state index is 10.8. The number of hydrogen-bond acceptors (Lipinski definition) is 6. The number of hydrogen-bond donors (Lipinski definition) is 3. The zero-order valence-electron chi connectivity index (χ0n) is 8.01. The van der Waals surface area contributed by atoms with Crippen LogP contribution in [0.4, 0.5) is 0 Å². The van der Waals surface area contributed by atoms with E-state index < -0.39 is 31.3 Å². The molecule has 3 N–H and O–H groups in total. The summed E-state index contributed by atoms with van der Waals surface area (Å²) in [4.78, 5) is 15.4. The Bertz CT molecular complexity index is 194. The number of carbonyl (C=O) groups excluding carboxylic acids is 1. The van der Waals surface area contributed by atoms with Crippen LogP contribution in [0.25, 0.3) is 0 Å². The number of hydroxylamine groups is 2. The van der Waals surface area contributed by atoms with Crippen molar-refractivity contribution in [3.05, 3.63) is 12.7 Å². The van der Waals surface area contributed by atoms with Crippen LogP contribution in [-0.2, 0) is 9.63 Å². The maximum Gasteiger partial charge on any atom is 0.349 e. The highest BCUT2D eigenvalue weighted by molar-refractivity contribution is 5.80. The summed E-state index contributed by atoms with van der Waals surface area (Å²) in [5.41, 5.74) is -1.38. The van der Waals surface area contributed by atoms with Gasteiger partial charge in [-0.2, -0.15) is 0 Å². The maximum atomic E-state index is 10.8. The average Bonchev–Trinajstić information content (AvgIpc) is 2.21. The molecule has 0 aliphatic rings. The zero-order valence-corrected chi connectivity index (χ0v) is 8.01. The Morgan fingerprint density at radius 2 is 1.86 bits per heavy atom. The first kappa shape index (κ1) is 13.1. The third-order valence-electron chi connectivity index (χ3n) is 1.94. The van der Waals surface area contributed by atoms with Crippen molar-refractivity contribution < 1.29 is 25.0 Å². The fraction of sp³-hybridized carbons (Fsp3) is 0.625. The molecule has 14 heavy (non-hydrogen) atoms. The van der Waals surface area contributed by atoms with Gasteiger partial charge in [0.15, 0.2) is 0 Å². The third kappa shape index (κ3) is 2.78. The number of carbonyl (C=O) groups is 1. The normalized spacial score (nSPS) is 11.5. The Balaban J connectivity index is 4.50. The van der Waals surface area contributed by atoms with Crippen LogP contribution in [0.2, 0.25) is 0 Å². The van der Waals surface area contributed by atoms with E-state index in [1.807, 2.05) is 0 Å². The first-order valence-corrected chi connectivity index (χ1v) is 3.97. The molecule has 82 valence electrons. The van der Waals surface area contributed by atoms with Crippen LogP contribution in [0.15, 0.2) is 12.7 Å². The van der Waals surface area contributed by atoms with Crippen molar-refractivity contribution in [1.82, 2.24) is 5.06 Å². The van der Waals surface area contributed by atoms with Crippen molar-refractivity contribution in [2.75, 3.05) is 26.9 Å². The number of aliphatic hydroxyl groups is 3. The second kappa shape index (κ2) is 5.71. The summed E-state index contributed by atoms with van der Waals surface area (Å²) in [5, 5.41) is 27.8. The molecule has 0 amide bonds. The van der Waals surface area contributed by atoms with Gasteiger partial charge in [-0.3, -0.25) is 0 Å². The molecule has 0 aliphatic carbocycles. The first-order valence-electron chi connectivity index (χ1n) is 3.97. The largest absolute Gasteiger partial charge is 0.394 e. The molecule has 0 bridgehead atoms. The second-order valence-electron chi connectivity index (χ2n) is 2.81. The minimum absolute atomic E-state index is 0.541. The summed E-state index contributed by atoms with van der Waals surface area (Å²) in [6.45, 7) is 1.56. The highest BCUT2D eigenvalue weighted by Gasteiger charge is 2.35. The SMILES string of the molecule is C=CC(=O)ON(C)C(CO)(CO)CO. The fourth-order valence-corrected chi connectivity index (χ4v) is 0.718. The van der Waals surface area contributed by atoms with Gasteiger partial charge in [0.2, 0.25) is 0 Å². The molecule has 0 aromatic rings. The second-order valence-corrected chi connectivity index (χ2v) is 2.81. The van der Waals surface area contributed by atoms with E-state index in [1.54, 1.807) is 0 Å². The molecule has 0 aliphatic heterocycles. The Labute approximate surface area is 82.0 Å². The van der Waals surface area contributed by atoms with Crippen molar-refractivity contribution in [2.45, 2.75) is 5.54 Å². The van der Waals surface area contributed by atoms with Crippen LogP contribution in [0.3, 0.4) is 0 Å². The number of likely N-dealkylation sites (N-methyl/N-ethyl adjacent to an activating group) is 1. The van der Waals surface area contributed by atoms with Gasteiger partial charge in [-0.1, -0.05) is 6.58 Å². The highest BCUT2D eigenvalue weighted by atomic mass is 16.7. The van der Waals surface area contributed by atoms with Crippen molar-refractivity contribution in [1.29, 1.82) is 0 Å². The van der Waals surface area contributed by atoms with Gasteiger partial charge in [-0.15, -0.1) is 5.06 Å². The Morgan fingerprint density at radius 1 is 1.43 bits per heavy atom.